The fraction of sp³-hybridized carbons (Fsp3) is 0.923. The van der Waals surface area contributed by atoms with E-state index >= 15 is 0 Å². The molecule has 2 heteroatoms. The summed E-state index contributed by atoms with van der Waals surface area (Å²) in [5.74, 6) is 1.57. The summed E-state index contributed by atoms with van der Waals surface area (Å²) >= 11 is 0. The number of esters is 1. The van der Waals surface area contributed by atoms with Crippen molar-refractivity contribution in [3.05, 3.63) is 0 Å². The molecular weight excluding hydrogens is 188 g/mol. The summed E-state index contributed by atoms with van der Waals surface area (Å²) in [4.78, 5) is 11.4. The maximum absolute atomic E-state index is 11.4. The molecule has 0 unspecified atom stereocenters. The van der Waals surface area contributed by atoms with E-state index in [1.54, 1.807) is 0 Å². The highest BCUT2D eigenvalue weighted by molar-refractivity contribution is 5.71. The molecule has 0 radical (unpaired) electrons. The van der Waals surface area contributed by atoms with E-state index in [0.717, 1.165) is 24.7 Å². The van der Waals surface area contributed by atoms with Gasteiger partial charge in [-0.2, -0.15) is 0 Å². The van der Waals surface area contributed by atoms with Gasteiger partial charge in [-0.15, -0.1) is 0 Å². The Labute approximate surface area is 93.4 Å². The molecule has 1 aliphatic rings. The molecule has 15 heavy (non-hydrogen) atoms. The van der Waals surface area contributed by atoms with Gasteiger partial charge in [0, 0.05) is 0 Å². The van der Waals surface area contributed by atoms with E-state index in [9.17, 15) is 4.79 Å². The third-order valence-electron chi connectivity index (χ3n) is 3.42. The molecule has 0 aromatic rings. The minimum absolute atomic E-state index is 0.00724. The molecule has 1 rings (SSSR count). The van der Waals surface area contributed by atoms with Crippen molar-refractivity contribution in [2.75, 3.05) is 0 Å². The molecule has 0 saturated heterocycles. The zero-order valence-electron chi connectivity index (χ0n) is 10.5. The monoisotopic (exact) mass is 212 g/mol. The van der Waals surface area contributed by atoms with Gasteiger partial charge in [-0.05, 0) is 37.5 Å². The first-order chi connectivity index (χ1) is 7.00. The van der Waals surface area contributed by atoms with Crippen molar-refractivity contribution in [2.45, 2.75) is 59.5 Å². The van der Waals surface area contributed by atoms with Crippen molar-refractivity contribution >= 4 is 5.97 Å². The Kier molecular flexibility index (Phi) is 4.62. The van der Waals surface area contributed by atoms with E-state index in [4.69, 9.17) is 4.74 Å². The summed E-state index contributed by atoms with van der Waals surface area (Å²) in [5, 5.41) is 0. The summed E-state index contributed by atoms with van der Waals surface area (Å²) < 4.78 is 5.44. The molecule has 0 N–H and O–H groups in total. The Morgan fingerprint density at radius 3 is 2.00 bits per heavy atom. The largest absolute Gasteiger partial charge is 0.462 e. The second-order valence-corrected chi connectivity index (χ2v) is 5.37. The van der Waals surface area contributed by atoms with E-state index in [0.29, 0.717) is 0 Å². The van der Waals surface area contributed by atoms with Crippen LogP contribution in [0.15, 0.2) is 0 Å². The van der Waals surface area contributed by atoms with Gasteiger partial charge in [0.2, 0.25) is 0 Å². The Bertz CT molecular complexity index is 201. The molecule has 0 atom stereocenters. The lowest BCUT2D eigenvalue weighted by molar-refractivity contribution is -0.154. The summed E-state index contributed by atoms with van der Waals surface area (Å²) in [5.41, 5.74) is 0. The summed E-state index contributed by atoms with van der Waals surface area (Å²) in [6.45, 7) is 8.35. The highest BCUT2D eigenvalue weighted by Crippen LogP contribution is 2.31. The fourth-order valence-corrected chi connectivity index (χ4v) is 2.17. The van der Waals surface area contributed by atoms with Gasteiger partial charge < -0.3 is 4.74 Å². The van der Waals surface area contributed by atoms with Crippen LogP contribution in [0.2, 0.25) is 0 Å². The average Bonchev–Trinajstić information content (AvgIpc) is 2.18. The lowest BCUT2D eigenvalue weighted by Crippen LogP contribution is -2.27. The predicted molar refractivity (Wildman–Crippen MR) is 61.5 cm³/mol. The standard InChI is InChI=1S/C13H24O2/c1-9(2)11-5-7-12(8-6-11)15-13(14)10(3)4/h9-12H,5-8H2,1-4H3. The van der Waals surface area contributed by atoms with Gasteiger partial charge in [0.15, 0.2) is 0 Å². The number of ether oxygens (including phenoxy) is 1. The minimum Gasteiger partial charge on any atom is -0.462 e. The van der Waals surface area contributed by atoms with Crippen LogP contribution in [0.1, 0.15) is 53.4 Å². The van der Waals surface area contributed by atoms with Gasteiger partial charge in [-0.25, -0.2) is 0 Å². The molecule has 88 valence electrons. The van der Waals surface area contributed by atoms with Crippen LogP contribution in [-0.4, -0.2) is 12.1 Å². The van der Waals surface area contributed by atoms with Gasteiger partial charge in [-0.1, -0.05) is 27.7 Å². The fourth-order valence-electron chi connectivity index (χ4n) is 2.17. The molecule has 0 amide bonds. The second kappa shape index (κ2) is 5.53. The summed E-state index contributed by atoms with van der Waals surface area (Å²) in [6, 6.07) is 0. The molecule has 1 aliphatic carbocycles. The van der Waals surface area contributed by atoms with Crippen molar-refractivity contribution in [1.82, 2.24) is 0 Å². The zero-order valence-corrected chi connectivity index (χ0v) is 10.5. The van der Waals surface area contributed by atoms with Gasteiger partial charge in [0.25, 0.3) is 0 Å². The topological polar surface area (TPSA) is 26.3 Å². The molecule has 2 nitrogen and oxygen atoms in total. The molecule has 0 aliphatic heterocycles. The molecule has 0 aromatic carbocycles. The van der Waals surface area contributed by atoms with Crippen LogP contribution in [0, 0.1) is 17.8 Å². The van der Waals surface area contributed by atoms with Crippen LogP contribution in [0.25, 0.3) is 0 Å². The van der Waals surface area contributed by atoms with Crippen LogP contribution < -0.4 is 0 Å². The van der Waals surface area contributed by atoms with E-state index in [1.807, 2.05) is 13.8 Å². The molecule has 1 fully saturated rings. The highest BCUT2D eigenvalue weighted by Gasteiger charge is 2.25. The lowest BCUT2D eigenvalue weighted by Gasteiger charge is -2.30. The molecule has 0 bridgehead atoms. The van der Waals surface area contributed by atoms with Crippen LogP contribution in [0.4, 0.5) is 0 Å². The average molecular weight is 212 g/mol. The van der Waals surface area contributed by atoms with Crippen LogP contribution >= 0.6 is 0 Å². The van der Waals surface area contributed by atoms with Crippen molar-refractivity contribution in [2.24, 2.45) is 17.8 Å². The molecule has 0 spiro atoms. The van der Waals surface area contributed by atoms with Crippen LogP contribution in [0.5, 0.6) is 0 Å². The van der Waals surface area contributed by atoms with Crippen molar-refractivity contribution in [3.63, 3.8) is 0 Å². The molecule has 0 heterocycles. The Morgan fingerprint density at radius 1 is 1.07 bits per heavy atom. The Hall–Kier alpha value is -0.530. The smallest absolute Gasteiger partial charge is 0.308 e. The van der Waals surface area contributed by atoms with Gasteiger partial charge in [0.05, 0.1) is 5.92 Å². The lowest BCUT2D eigenvalue weighted by atomic mass is 9.80. The van der Waals surface area contributed by atoms with E-state index in [-0.39, 0.29) is 18.0 Å². The van der Waals surface area contributed by atoms with Gasteiger partial charge >= 0.3 is 5.97 Å². The van der Waals surface area contributed by atoms with E-state index in [2.05, 4.69) is 13.8 Å². The molecular formula is C13H24O2. The van der Waals surface area contributed by atoms with Crippen molar-refractivity contribution in [3.8, 4) is 0 Å². The molecule has 0 aromatic heterocycles. The van der Waals surface area contributed by atoms with Gasteiger partial charge in [-0.3, -0.25) is 4.79 Å². The molecule has 1 saturated carbocycles. The van der Waals surface area contributed by atoms with Crippen molar-refractivity contribution in [1.29, 1.82) is 0 Å². The first-order valence-corrected chi connectivity index (χ1v) is 6.21. The number of rotatable bonds is 3. The summed E-state index contributed by atoms with van der Waals surface area (Å²) in [6.07, 6.45) is 4.74. The first kappa shape index (κ1) is 12.5. The minimum atomic E-state index is -0.0389. The highest BCUT2D eigenvalue weighted by atomic mass is 16.5. The van der Waals surface area contributed by atoms with Crippen LogP contribution in [-0.2, 0) is 9.53 Å². The van der Waals surface area contributed by atoms with Crippen LogP contribution in [0.3, 0.4) is 0 Å². The van der Waals surface area contributed by atoms with Crippen molar-refractivity contribution < 1.29 is 9.53 Å². The maximum atomic E-state index is 11.4. The zero-order chi connectivity index (χ0) is 11.4. The number of hydrogen-bond acceptors (Lipinski definition) is 2. The predicted octanol–water partition coefficient (Wildman–Crippen LogP) is 3.40. The second-order valence-electron chi connectivity index (χ2n) is 5.37. The van der Waals surface area contributed by atoms with E-state index < -0.39 is 0 Å². The third kappa shape index (κ3) is 3.84. The SMILES string of the molecule is CC(C)C(=O)OC1CCC(C(C)C)CC1. The number of carbonyl (C=O) groups is 1. The number of carbonyl (C=O) groups excluding carboxylic acids is 1. The first-order valence-electron chi connectivity index (χ1n) is 6.21. The number of hydrogen-bond donors (Lipinski definition) is 0. The Morgan fingerprint density at radius 2 is 1.60 bits per heavy atom. The van der Waals surface area contributed by atoms with Gasteiger partial charge in [0.1, 0.15) is 6.10 Å². The Balaban J connectivity index is 2.29. The normalized spacial score (nSPS) is 27.1. The summed E-state index contributed by atoms with van der Waals surface area (Å²) in [7, 11) is 0. The van der Waals surface area contributed by atoms with E-state index in [1.165, 1.54) is 12.8 Å². The third-order valence-corrected chi connectivity index (χ3v) is 3.42. The maximum Gasteiger partial charge on any atom is 0.308 e. The quantitative estimate of drug-likeness (QED) is 0.670.